The standard InChI is InChI=1S/C17H23N5O2S2/c18-26(23,24)22-9-7-21(8-10-22)16-14-12-3-1-2-4-13(12)25-17(14)20-15(19-16)11-5-6-11/h11H,1-10H2,(H2,18,23,24). The highest BCUT2D eigenvalue weighted by Gasteiger charge is 2.32. The molecule has 9 heteroatoms. The highest BCUT2D eigenvalue weighted by atomic mass is 32.2. The Labute approximate surface area is 157 Å². The van der Waals surface area contributed by atoms with Gasteiger partial charge in [0.05, 0.1) is 5.39 Å². The number of piperazine rings is 1. The fourth-order valence-corrected chi connectivity index (χ4v) is 6.00. The predicted molar refractivity (Wildman–Crippen MR) is 103 cm³/mol. The van der Waals surface area contributed by atoms with Gasteiger partial charge in [0.25, 0.3) is 10.2 Å². The first-order valence-electron chi connectivity index (χ1n) is 9.36. The second kappa shape index (κ2) is 6.12. The maximum atomic E-state index is 11.6. The van der Waals surface area contributed by atoms with Crippen molar-refractivity contribution in [3.63, 3.8) is 0 Å². The highest BCUT2D eigenvalue weighted by Crippen LogP contribution is 2.44. The van der Waals surface area contributed by atoms with Crippen molar-refractivity contribution in [3.05, 3.63) is 16.3 Å². The van der Waals surface area contributed by atoms with Crippen molar-refractivity contribution in [2.75, 3.05) is 31.1 Å². The molecule has 0 spiro atoms. The molecule has 1 aliphatic heterocycles. The Bertz CT molecular complexity index is 959. The highest BCUT2D eigenvalue weighted by molar-refractivity contribution is 7.86. The summed E-state index contributed by atoms with van der Waals surface area (Å²) in [6, 6.07) is 0. The van der Waals surface area contributed by atoms with E-state index in [9.17, 15) is 8.42 Å². The van der Waals surface area contributed by atoms with Crippen LogP contribution in [0.3, 0.4) is 0 Å². The van der Waals surface area contributed by atoms with Crippen molar-refractivity contribution in [1.29, 1.82) is 0 Å². The lowest BCUT2D eigenvalue weighted by molar-refractivity contribution is 0.384. The molecular weight excluding hydrogens is 370 g/mol. The van der Waals surface area contributed by atoms with Gasteiger partial charge in [-0.15, -0.1) is 11.3 Å². The van der Waals surface area contributed by atoms with E-state index in [0.717, 1.165) is 29.3 Å². The Morgan fingerprint density at radius 3 is 2.46 bits per heavy atom. The van der Waals surface area contributed by atoms with Crippen molar-refractivity contribution >= 4 is 37.6 Å². The Hall–Kier alpha value is -1.29. The molecule has 140 valence electrons. The summed E-state index contributed by atoms with van der Waals surface area (Å²) in [5.41, 5.74) is 1.43. The third kappa shape index (κ3) is 2.90. The quantitative estimate of drug-likeness (QED) is 0.858. The summed E-state index contributed by atoms with van der Waals surface area (Å²) < 4.78 is 24.6. The molecule has 7 nitrogen and oxygen atoms in total. The lowest BCUT2D eigenvalue weighted by atomic mass is 9.97. The van der Waals surface area contributed by atoms with Gasteiger partial charge in [-0.1, -0.05) is 0 Å². The fraction of sp³-hybridized carbons (Fsp3) is 0.647. The number of rotatable bonds is 3. The Morgan fingerprint density at radius 2 is 1.77 bits per heavy atom. The van der Waals surface area contributed by atoms with E-state index >= 15 is 0 Å². The lowest BCUT2D eigenvalue weighted by Gasteiger charge is -2.34. The number of fused-ring (bicyclic) bond motifs is 3. The van der Waals surface area contributed by atoms with Gasteiger partial charge in [0.2, 0.25) is 0 Å². The van der Waals surface area contributed by atoms with E-state index < -0.39 is 10.2 Å². The number of aryl methyl sites for hydroxylation is 2. The third-order valence-corrected chi connectivity index (χ3v) is 7.92. The van der Waals surface area contributed by atoms with Crippen LogP contribution in [0, 0.1) is 0 Å². The smallest absolute Gasteiger partial charge is 0.277 e. The third-order valence-electron chi connectivity index (χ3n) is 5.65. The van der Waals surface area contributed by atoms with E-state index in [1.807, 2.05) is 11.3 Å². The number of anilines is 1. The molecule has 2 N–H and O–H groups in total. The molecule has 0 aromatic carbocycles. The molecular formula is C17H23N5O2S2. The normalized spacial score (nSPS) is 22.0. The summed E-state index contributed by atoms with van der Waals surface area (Å²) in [5, 5.41) is 6.51. The summed E-state index contributed by atoms with van der Waals surface area (Å²) in [6.45, 7) is 2.07. The zero-order chi connectivity index (χ0) is 17.9. The van der Waals surface area contributed by atoms with Crippen molar-refractivity contribution < 1.29 is 8.42 Å². The van der Waals surface area contributed by atoms with Gasteiger partial charge in [0, 0.05) is 37.0 Å². The van der Waals surface area contributed by atoms with Crippen LogP contribution in [0.1, 0.15) is 47.9 Å². The zero-order valence-corrected chi connectivity index (χ0v) is 16.3. The molecule has 0 radical (unpaired) electrons. The Kier molecular flexibility index (Phi) is 3.97. The van der Waals surface area contributed by atoms with E-state index in [1.54, 1.807) is 0 Å². The number of hydrogen-bond acceptors (Lipinski definition) is 6. The van der Waals surface area contributed by atoms with Crippen LogP contribution in [0.25, 0.3) is 10.2 Å². The van der Waals surface area contributed by atoms with E-state index in [-0.39, 0.29) is 0 Å². The minimum atomic E-state index is -3.61. The molecule has 26 heavy (non-hydrogen) atoms. The molecule has 0 atom stereocenters. The summed E-state index contributed by atoms with van der Waals surface area (Å²) in [4.78, 5) is 14.7. The average Bonchev–Trinajstić information content (AvgIpc) is 3.41. The van der Waals surface area contributed by atoms with Gasteiger partial charge in [0.15, 0.2) is 0 Å². The van der Waals surface area contributed by atoms with Crippen LogP contribution in [0.5, 0.6) is 0 Å². The second-order valence-corrected chi connectivity index (χ2v) is 10.1. The van der Waals surface area contributed by atoms with Crippen molar-refractivity contribution in [2.45, 2.75) is 44.4 Å². The minimum absolute atomic E-state index is 0.412. The molecule has 0 unspecified atom stereocenters. The van der Waals surface area contributed by atoms with Gasteiger partial charge >= 0.3 is 0 Å². The summed E-state index contributed by atoms with van der Waals surface area (Å²) in [5.74, 6) is 2.49. The maximum Gasteiger partial charge on any atom is 0.277 e. The number of nitrogens with zero attached hydrogens (tertiary/aromatic N) is 4. The minimum Gasteiger partial charge on any atom is -0.353 e. The van der Waals surface area contributed by atoms with E-state index in [2.05, 4.69) is 4.90 Å². The van der Waals surface area contributed by atoms with Crippen molar-refractivity contribution in [3.8, 4) is 0 Å². The molecule has 2 fully saturated rings. The average molecular weight is 394 g/mol. The van der Waals surface area contributed by atoms with E-state index in [0.29, 0.717) is 32.1 Å². The van der Waals surface area contributed by atoms with Crippen molar-refractivity contribution in [1.82, 2.24) is 14.3 Å². The van der Waals surface area contributed by atoms with Gasteiger partial charge in [-0.25, -0.2) is 15.1 Å². The largest absolute Gasteiger partial charge is 0.353 e. The van der Waals surface area contributed by atoms with Crippen molar-refractivity contribution in [2.24, 2.45) is 5.14 Å². The molecule has 0 amide bonds. The van der Waals surface area contributed by atoms with Crippen LogP contribution in [0.15, 0.2) is 0 Å². The SMILES string of the molecule is NS(=O)(=O)N1CCN(c2nc(C3CC3)nc3sc4c(c23)CCCC4)CC1. The van der Waals surface area contributed by atoms with Gasteiger partial charge in [0.1, 0.15) is 16.5 Å². The molecule has 2 aliphatic carbocycles. The van der Waals surface area contributed by atoms with E-state index in [1.165, 1.54) is 45.8 Å². The Balaban J connectivity index is 1.56. The first kappa shape index (κ1) is 16.9. The number of hydrogen-bond donors (Lipinski definition) is 1. The molecule has 3 heterocycles. The van der Waals surface area contributed by atoms with Crippen LogP contribution in [-0.4, -0.2) is 48.9 Å². The molecule has 0 bridgehead atoms. The van der Waals surface area contributed by atoms with Gasteiger partial charge in [-0.2, -0.15) is 12.7 Å². The summed E-state index contributed by atoms with van der Waals surface area (Å²) in [6.07, 6.45) is 7.08. The molecule has 2 aromatic heterocycles. The predicted octanol–water partition coefficient (Wildman–Crippen LogP) is 1.77. The Morgan fingerprint density at radius 1 is 1.04 bits per heavy atom. The van der Waals surface area contributed by atoms with Crippen LogP contribution in [-0.2, 0) is 23.1 Å². The first-order valence-corrected chi connectivity index (χ1v) is 11.7. The molecule has 3 aliphatic rings. The zero-order valence-electron chi connectivity index (χ0n) is 14.6. The molecule has 1 saturated heterocycles. The molecule has 2 aromatic rings. The first-order chi connectivity index (χ1) is 12.5. The van der Waals surface area contributed by atoms with E-state index in [4.69, 9.17) is 15.1 Å². The number of nitrogens with two attached hydrogens (primary N) is 1. The van der Waals surface area contributed by atoms with Gasteiger partial charge in [-0.05, 0) is 44.1 Å². The maximum absolute atomic E-state index is 11.6. The molecule has 5 rings (SSSR count). The van der Waals surface area contributed by atoms with Crippen LogP contribution in [0.4, 0.5) is 5.82 Å². The monoisotopic (exact) mass is 393 g/mol. The number of aromatic nitrogens is 2. The summed E-state index contributed by atoms with van der Waals surface area (Å²) >= 11 is 1.84. The summed E-state index contributed by atoms with van der Waals surface area (Å²) in [7, 11) is -3.61. The molecule has 1 saturated carbocycles. The van der Waals surface area contributed by atoms with Gasteiger partial charge < -0.3 is 4.90 Å². The van der Waals surface area contributed by atoms with Crippen LogP contribution in [0.2, 0.25) is 0 Å². The number of thiophene rings is 1. The lowest BCUT2D eigenvalue weighted by Crippen LogP contribution is -2.51. The fourth-order valence-electron chi connectivity index (χ4n) is 4.06. The topological polar surface area (TPSA) is 92.4 Å². The van der Waals surface area contributed by atoms with Crippen LogP contribution < -0.4 is 10.0 Å². The van der Waals surface area contributed by atoms with Gasteiger partial charge in [-0.3, -0.25) is 0 Å². The second-order valence-electron chi connectivity index (χ2n) is 7.50. The van der Waals surface area contributed by atoms with Crippen LogP contribution >= 0.6 is 11.3 Å².